The summed E-state index contributed by atoms with van der Waals surface area (Å²) in [5, 5.41) is 9.15. The van der Waals surface area contributed by atoms with Gasteiger partial charge in [-0.05, 0) is 47.0 Å². The van der Waals surface area contributed by atoms with E-state index in [0.717, 1.165) is 12.1 Å². The van der Waals surface area contributed by atoms with Gasteiger partial charge in [0.15, 0.2) is 0 Å². The van der Waals surface area contributed by atoms with Gasteiger partial charge in [-0.1, -0.05) is 146 Å². The highest BCUT2D eigenvalue weighted by Gasteiger charge is 2.36. The molecule has 0 saturated heterocycles. The zero-order chi connectivity index (χ0) is 33.0. The normalized spacial score (nSPS) is 19.0. The number of fused-ring (bicyclic) bond motifs is 8. The van der Waals surface area contributed by atoms with Gasteiger partial charge in [0.25, 0.3) is 0 Å². The van der Waals surface area contributed by atoms with E-state index < -0.39 is 0 Å². The summed E-state index contributed by atoms with van der Waals surface area (Å²) in [6, 6.07) is 57.3. The summed E-state index contributed by atoms with van der Waals surface area (Å²) in [7, 11) is 0. The minimum atomic E-state index is 0.0552. The quantitative estimate of drug-likeness (QED) is 0.187. The summed E-state index contributed by atoms with van der Waals surface area (Å²) in [6.07, 6.45) is 7.97. The second kappa shape index (κ2) is 11.8. The predicted molar refractivity (Wildman–Crippen MR) is 207 cm³/mol. The highest BCUT2D eigenvalue weighted by atomic mass is 15.3. The molecule has 3 aliphatic rings. The lowest BCUT2D eigenvalue weighted by Gasteiger charge is -2.42. The summed E-state index contributed by atoms with van der Waals surface area (Å²) in [6.45, 7) is 0. The molecule has 10 rings (SSSR count). The Hall–Kier alpha value is -6.10. The molecule has 2 N–H and O–H groups in total. The van der Waals surface area contributed by atoms with Crippen LogP contribution in [0.5, 0.6) is 0 Å². The van der Waals surface area contributed by atoms with Gasteiger partial charge in [0.1, 0.15) is 0 Å². The molecule has 0 spiro atoms. The van der Waals surface area contributed by atoms with Crippen LogP contribution in [-0.4, -0.2) is 16.8 Å². The van der Waals surface area contributed by atoms with E-state index in [9.17, 15) is 0 Å². The first kappa shape index (κ1) is 28.9. The Morgan fingerprint density at radius 3 is 1.96 bits per heavy atom. The predicted octanol–water partition coefficient (Wildman–Crippen LogP) is 10.6. The van der Waals surface area contributed by atoms with E-state index in [1.165, 1.54) is 67.0 Å². The SMILES string of the molecule is C1=CC(c2ccc(-c3ccccc3)cc2)NC2=CCC(N3c4ccccc4-c4c(n(-c5ccccc5)c5ccccc45)-c4ccccc43)NC12. The first-order valence-corrected chi connectivity index (χ1v) is 17.5. The molecule has 0 bridgehead atoms. The number of hydrogen-bond donors (Lipinski definition) is 2. The lowest BCUT2D eigenvalue weighted by atomic mass is 9.94. The first-order chi connectivity index (χ1) is 24.8. The number of rotatable bonds is 4. The van der Waals surface area contributed by atoms with Crippen LogP contribution >= 0.6 is 0 Å². The van der Waals surface area contributed by atoms with E-state index in [-0.39, 0.29) is 18.2 Å². The number of nitrogens with zero attached hydrogens (tertiary/aromatic N) is 2. The minimum absolute atomic E-state index is 0.0552. The average molecular weight is 645 g/mol. The van der Waals surface area contributed by atoms with E-state index in [1.807, 2.05) is 0 Å². The molecular formula is C46H36N4. The van der Waals surface area contributed by atoms with E-state index in [4.69, 9.17) is 0 Å². The van der Waals surface area contributed by atoms with Crippen molar-refractivity contribution in [3.8, 4) is 39.2 Å². The smallest absolute Gasteiger partial charge is 0.0888 e. The van der Waals surface area contributed by atoms with Crippen molar-refractivity contribution < 1.29 is 0 Å². The summed E-state index contributed by atoms with van der Waals surface area (Å²) >= 11 is 0. The molecule has 240 valence electrons. The fourth-order valence-electron chi connectivity index (χ4n) is 8.23. The average Bonchev–Trinajstić information content (AvgIpc) is 3.47. The summed E-state index contributed by atoms with van der Waals surface area (Å²) < 4.78 is 2.45. The number of anilines is 2. The third-order valence-corrected chi connectivity index (χ3v) is 10.5. The van der Waals surface area contributed by atoms with Crippen molar-refractivity contribution in [3.05, 3.63) is 187 Å². The van der Waals surface area contributed by atoms with Crippen molar-refractivity contribution in [1.82, 2.24) is 15.2 Å². The van der Waals surface area contributed by atoms with Gasteiger partial charge in [0.2, 0.25) is 0 Å². The number of hydrogen-bond acceptors (Lipinski definition) is 3. The van der Waals surface area contributed by atoms with Gasteiger partial charge < -0.3 is 14.8 Å². The molecule has 7 aromatic rings. The second-order valence-electron chi connectivity index (χ2n) is 13.4. The number of benzene rings is 6. The number of para-hydroxylation sites is 4. The van der Waals surface area contributed by atoms with Crippen LogP contribution in [0.4, 0.5) is 11.4 Å². The van der Waals surface area contributed by atoms with Crippen LogP contribution < -0.4 is 15.5 Å². The zero-order valence-electron chi connectivity index (χ0n) is 27.6. The van der Waals surface area contributed by atoms with Crippen molar-refractivity contribution >= 4 is 22.3 Å². The Kier molecular flexibility index (Phi) is 6.81. The molecule has 3 atom stereocenters. The Morgan fingerprint density at radius 2 is 1.16 bits per heavy atom. The highest BCUT2D eigenvalue weighted by Crippen LogP contribution is 2.53. The van der Waals surface area contributed by atoms with Gasteiger partial charge in [-0.15, -0.1) is 0 Å². The molecule has 0 aliphatic carbocycles. The monoisotopic (exact) mass is 644 g/mol. The van der Waals surface area contributed by atoms with Crippen LogP contribution in [0.3, 0.4) is 0 Å². The molecule has 50 heavy (non-hydrogen) atoms. The maximum Gasteiger partial charge on any atom is 0.0888 e. The standard InChI is InChI=1S/C46H36N4/c1-3-13-31(14-4-1)32-23-25-33(26-24-32)38-27-28-40-39(47-38)29-30-44(48-40)50-42-21-11-8-18-36(42)45-35-17-7-10-20-41(35)49(34-15-5-2-6-16-34)46(45)37-19-9-12-22-43(37)50/h1-29,38,40,44,47-48H,30H2. The number of aromatic nitrogens is 1. The van der Waals surface area contributed by atoms with Crippen molar-refractivity contribution in [3.63, 3.8) is 0 Å². The molecule has 0 saturated carbocycles. The van der Waals surface area contributed by atoms with Crippen molar-refractivity contribution in [2.24, 2.45) is 0 Å². The molecule has 0 amide bonds. The van der Waals surface area contributed by atoms with E-state index >= 15 is 0 Å². The Labute approximate surface area is 292 Å². The van der Waals surface area contributed by atoms with Crippen LogP contribution in [0, 0.1) is 0 Å². The Balaban J connectivity index is 1.04. The van der Waals surface area contributed by atoms with Crippen molar-refractivity contribution in [1.29, 1.82) is 0 Å². The summed E-state index contributed by atoms with van der Waals surface area (Å²) in [5.74, 6) is 0. The van der Waals surface area contributed by atoms with Gasteiger partial charge >= 0.3 is 0 Å². The van der Waals surface area contributed by atoms with Gasteiger partial charge in [0, 0.05) is 39.9 Å². The fourth-order valence-corrected chi connectivity index (χ4v) is 8.23. The van der Waals surface area contributed by atoms with Crippen LogP contribution in [0.1, 0.15) is 18.0 Å². The maximum absolute atomic E-state index is 4.04. The van der Waals surface area contributed by atoms with Crippen LogP contribution in [0.25, 0.3) is 50.1 Å². The molecule has 4 heteroatoms. The lowest BCUT2D eigenvalue weighted by Crippen LogP contribution is -2.53. The summed E-state index contributed by atoms with van der Waals surface area (Å²) in [4.78, 5) is 2.55. The fraction of sp³-hybridized carbons (Fsp3) is 0.0870. The zero-order valence-corrected chi connectivity index (χ0v) is 27.6. The molecule has 1 aromatic heterocycles. The van der Waals surface area contributed by atoms with E-state index in [0.29, 0.717) is 0 Å². The van der Waals surface area contributed by atoms with Crippen molar-refractivity contribution in [2.75, 3.05) is 4.90 Å². The third-order valence-electron chi connectivity index (χ3n) is 10.5. The molecule has 4 heterocycles. The summed E-state index contributed by atoms with van der Waals surface area (Å²) in [5.41, 5.74) is 14.8. The van der Waals surface area contributed by atoms with Gasteiger partial charge in [-0.2, -0.15) is 0 Å². The largest absolute Gasteiger partial charge is 0.377 e. The highest BCUT2D eigenvalue weighted by molar-refractivity contribution is 6.11. The van der Waals surface area contributed by atoms with Crippen LogP contribution in [0.15, 0.2) is 182 Å². The lowest BCUT2D eigenvalue weighted by molar-refractivity contribution is 0.444. The Bertz CT molecular complexity index is 2420. The van der Waals surface area contributed by atoms with E-state index in [2.05, 4.69) is 196 Å². The molecule has 0 fully saturated rings. The molecule has 3 unspecified atom stereocenters. The molecule has 4 nitrogen and oxygen atoms in total. The van der Waals surface area contributed by atoms with Crippen LogP contribution in [0.2, 0.25) is 0 Å². The topological polar surface area (TPSA) is 32.2 Å². The second-order valence-corrected chi connectivity index (χ2v) is 13.4. The maximum atomic E-state index is 4.04. The first-order valence-electron chi connectivity index (χ1n) is 17.5. The van der Waals surface area contributed by atoms with E-state index in [1.54, 1.807) is 0 Å². The van der Waals surface area contributed by atoms with Gasteiger partial charge in [0.05, 0.1) is 40.8 Å². The van der Waals surface area contributed by atoms with Crippen molar-refractivity contribution in [2.45, 2.75) is 24.7 Å². The third kappa shape index (κ3) is 4.64. The molecule has 0 radical (unpaired) electrons. The molecular weight excluding hydrogens is 609 g/mol. The Morgan fingerprint density at radius 1 is 0.540 bits per heavy atom. The minimum Gasteiger partial charge on any atom is -0.377 e. The van der Waals surface area contributed by atoms with Gasteiger partial charge in [-0.3, -0.25) is 5.32 Å². The van der Waals surface area contributed by atoms with Crippen LogP contribution in [-0.2, 0) is 0 Å². The molecule has 3 aliphatic heterocycles. The number of nitrogens with one attached hydrogen (secondary N) is 2. The molecule has 6 aromatic carbocycles. The van der Waals surface area contributed by atoms with Gasteiger partial charge in [-0.25, -0.2) is 0 Å².